The highest BCUT2D eigenvalue weighted by Crippen LogP contribution is 2.39. The van der Waals surface area contributed by atoms with E-state index in [2.05, 4.69) is 22.9 Å². The van der Waals surface area contributed by atoms with Crippen molar-refractivity contribution in [2.24, 2.45) is 11.8 Å². The average Bonchev–Trinajstić information content (AvgIpc) is 2.59. The van der Waals surface area contributed by atoms with E-state index >= 15 is 0 Å². The molecule has 0 aromatic rings. The minimum absolute atomic E-state index is 0.809. The molecule has 0 bridgehead atoms. The maximum absolute atomic E-state index is 3.40. The van der Waals surface area contributed by atoms with Gasteiger partial charge in [-0.1, -0.05) is 11.9 Å². The lowest BCUT2D eigenvalue weighted by atomic mass is 10.0. The van der Waals surface area contributed by atoms with Gasteiger partial charge in [-0.15, -0.1) is 0 Å². The molecule has 0 amide bonds. The zero-order valence-electron chi connectivity index (χ0n) is 7.92. The Balaban J connectivity index is 1.89. The fraction of sp³-hybridized carbons (Fsp3) is 1.00. The van der Waals surface area contributed by atoms with Crippen LogP contribution in [0.25, 0.3) is 0 Å². The fourth-order valence-corrected chi connectivity index (χ4v) is 3.32. The van der Waals surface area contributed by atoms with Crippen molar-refractivity contribution in [1.29, 1.82) is 0 Å². The average molecular weight is 186 g/mol. The summed E-state index contributed by atoms with van der Waals surface area (Å²) in [5, 5.41) is 3.40. The van der Waals surface area contributed by atoms with Crippen LogP contribution < -0.4 is 5.32 Å². The Hall–Kier alpha value is 0.270. The molecule has 2 aliphatic rings. The summed E-state index contributed by atoms with van der Waals surface area (Å²) in [6.45, 7) is 2.65. The van der Waals surface area contributed by atoms with Gasteiger partial charge in [0.2, 0.25) is 0 Å². The molecule has 0 spiro atoms. The fourth-order valence-electron chi connectivity index (χ4n) is 2.64. The van der Waals surface area contributed by atoms with E-state index in [4.69, 9.17) is 0 Å². The molecule has 2 fully saturated rings. The summed E-state index contributed by atoms with van der Waals surface area (Å²) in [5.74, 6) is 1.96. The van der Waals surface area contributed by atoms with Crippen molar-refractivity contribution in [2.45, 2.75) is 18.9 Å². The van der Waals surface area contributed by atoms with Crippen molar-refractivity contribution < 1.29 is 0 Å². The van der Waals surface area contributed by atoms with Crippen LogP contribution in [0.15, 0.2) is 0 Å². The van der Waals surface area contributed by atoms with Crippen molar-refractivity contribution in [3.63, 3.8) is 0 Å². The van der Waals surface area contributed by atoms with Crippen molar-refractivity contribution in [2.75, 3.05) is 26.4 Å². The third-order valence-electron chi connectivity index (χ3n) is 3.38. The molecule has 1 saturated heterocycles. The number of fused-ring (bicyclic) bond motifs is 1. The smallest absolute Gasteiger partial charge is 0.0121 e. The van der Waals surface area contributed by atoms with Gasteiger partial charge in [-0.25, -0.2) is 0 Å². The van der Waals surface area contributed by atoms with Crippen LogP contribution in [0.1, 0.15) is 12.8 Å². The van der Waals surface area contributed by atoms with Gasteiger partial charge in [-0.2, -0.15) is 0 Å². The van der Waals surface area contributed by atoms with E-state index in [1.165, 1.54) is 25.9 Å². The predicted molar refractivity (Wildman–Crippen MR) is 54.1 cm³/mol. The number of nitrogens with zero attached hydrogens (tertiary/aromatic N) is 1. The second-order valence-corrected chi connectivity index (χ2v) is 4.89. The van der Waals surface area contributed by atoms with Crippen LogP contribution in [0.5, 0.6) is 0 Å². The highest BCUT2D eigenvalue weighted by Gasteiger charge is 2.39. The van der Waals surface area contributed by atoms with Crippen LogP contribution in [0.2, 0.25) is 0 Å². The maximum Gasteiger partial charge on any atom is 0.0121 e. The van der Waals surface area contributed by atoms with Gasteiger partial charge in [0.25, 0.3) is 0 Å². The van der Waals surface area contributed by atoms with Crippen LogP contribution in [0.3, 0.4) is 0 Å². The minimum Gasteiger partial charge on any atom is -0.317 e. The summed E-state index contributed by atoms with van der Waals surface area (Å²) < 4.78 is 2.52. The van der Waals surface area contributed by atoms with Crippen molar-refractivity contribution >= 4 is 11.9 Å². The molecule has 3 heteroatoms. The monoisotopic (exact) mass is 186 g/mol. The first-order valence-corrected chi connectivity index (χ1v) is 5.98. The Morgan fingerprint density at radius 2 is 1.83 bits per heavy atom. The molecule has 3 atom stereocenters. The molecule has 2 nitrogen and oxygen atoms in total. The number of rotatable bonds is 2. The normalized spacial score (nSPS) is 42.0. The molecule has 12 heavy (non-hydrogen) atoms. The summed E-state index contributed by atoms with van der Waals surface area (Å²) >= 11 is 1.91. The van der Waals surface area contributed by atoms with Gasteiger partial charge in [0.15, 0.2) is 0 Å². The third-order valence-corrected chi connectivity index (χ3v) is 4.20. The standard InChI is InChI=1S/C9H18N2S/c1-10-9-3-7-5-11(12-2)6-8(7)4-9/h7-10H,3-6H2,1-2H3/t7-,8+,9?. The largest absolute Gasteiger partial charge is 0.317 e. The van der Waals surface area contributed by atoms with Gasteiger partial charge in [-0.05, 0) is 38.0 Å². The van der Waals surface area contributed by atoms with Crippen molar-refractivity contribution in [3.8, 4) is 0 Å². The van der Waals surface area contributed by atoms with Gasteiger partial charge >= 0.3 is 0 Å². The third kappa shape index (κ3) is 1.50. The van der Waals surface area contributed by atoms with Gasteiger partial charge in [-0.3, -0.25) is 4.31 Å². The molecule has 1 unspecified atom stereocenters. The first kappa shape index (κ1) is 8.85. The molecule has 0 aromatic heterocycles. The van der Waals surface area contributed by atoms with Gasteiger partial charge in [0.1, 0.15) is 0 Å². The van der Waals surface area contributed by atoms with Gasteiger partial charge < -0.3 is 5.32 Å². The minimum atomic E-state index is 0.809. The number of hydrogen-bond donors (Lipinski definition) is 1. The summed E-state index contributed by atoms with van der Waals surface area (Å²) in [4.78, 5) is 0. The van der Waals surface area contributed by atoms with Crippen molar-refractivity contribution in [3.05, 3.63) is 0 Å². The van der Waals surface area contributed by atoms with Gasteiger partial charge in [0, 0.05) is 19.1 Å². The van der Waals surface area contributed by atoms with Crippen LogP contribution >= 0.6 is 11.9 Å². The van der Waals surface area contributed by atoms with Gasteiger partial charge in [0.05, 0.1) is 0 Å². The summed E-state index contributed by atoms with van der Waals surface area (Å²) in [7, 11) is 2.10. The van der Waals surface area contributed by atoms with Crippen LogP contribution in [0, 0.1) is 11.8 Å². The zero-order valence-corrected chi connectivity index (χ0v) is 8.73. The van der Waals surface area contributed by atoms with Crippen molar-refractivity contribution in [1.82, 2.24) is 9.62 Å². The Kier molecular flexibility index (Phi) is 2.63. The van der Waals surface area contributed by atoms with E-state index in [-0.39, 0.29) is 0 Å². The zero-order chi connectivity index (χ0) is 8.55. The van der Waals surface area contributed by atoms with E-state index in [1.807, 2.05) is 11.9 Å². The molecular weight excluding hydrogens is 168 g/mol. The lowest BCUT2D eigenvalue weighted by Gasteiger charge is -2.15. The number of hydrogen-bond acceptors (Lipinski definition) is 3. The summed E-state index contributed by atoms with van der Waals surface area (Å²) in [5.41, 5.74) is 0. The van der Waals surface area contributed by atoms with Crippen LogP contribution in [-0.4, -0.2) is 36.7 Å². The molecule has 70 valence electrons. The Morgan fingerprint density at radius 3 is 2.25 bits per heavy atom. The van der Waals surface area contributed by atoms with E-state index in [0.717, 1.165) is 17.9 Å². The molecule has 1 N–H and O–H groups in total. The molecular formula is C9H18N2S. The first-order valence-electron chi connectivity index (χ1n) is 4.79. The Morgan fingerprint density at radius 1 is 1.25 bits per heavy atom. The van der Waals surface area contributed by atoms with Crippen LogP contribution in [-0.2, 0) is 0 Å². The van der Waals surface area contributed by atoms with E-state index in [9.17, 15) is 0 Å². The quantitative estimate of drug-likeness (QED) is 0.652. The van der Waals surface area contributed by atoms with E-state index in [0.29, 0.717) is 0 Å². The summed E-state index contributed by atoms with van der Waals surface area (Å²) in [6.07, 6.45) is 4.99. The van der Waals surface area contributed by atoms with E-state index in [1.54, 1.807) is 0 Å². The molecule has 1 heterocycles. The first-order chi connectivity index (χ1) is 5.83. The molecule has 1 saturated carbocycles. The highest BCUT2D eigenvalue weighted by molar-refractivity contribution is 7.96. The summed E-state index contributed by atoms with van der Waals surface area (Å²) in [6, 6.07) is 0.809. The predicted octanol–water partition coefficient (Wildman–Crippen LogP) is 1.19. The van der Waals surface area contributed by atoms with E-state index < -0.39 is 0 Å². The van der Waals surface area contributed by atoms with Crippen LogP contribution in [0.4, 0.5) is 0 Å². The Labute approximate surface area is 79.2 Å². The molecule has 2 rings (SSSR count). The molecule has 1 aliphatic heterocycles. The molecule has 0 radical (unpaired) electrons. The molecule has 0 aromatic carbocycles. The Bertz CT molecular complexity index is 133. The second kappa shape index (κ2) is 3.56. The topological polar surface area (TPSA) is 15.3 Å². The lowest BCUT2D eigenvalue weighted by Crippen LogP contribution is -2.24. The SMILES string of the molecule is CNC1C[C@@H]2CN(SC)C[C@@H]2C1. The second-order valence-electron chi connectivity index (χ2n) is 4.01. The molecule has 1 aliphatic carbocycles. The maximum atomic E-state index is 3.40. The number of nitrogens with one attached hydrogen (secondary N) is 1. The lowest BCUT2D eigenvalue weighted by molar-refractivity contribution is 0.465. The highest BCUT2D eigenvalue weighted by atomic mass is 32.2.